The first-order valence-electron chi connectivity index (χ1n) is 7.53. The van der Waals surface area contributed by atoms with Gasteiger partial charge in [-0.15, -0.1) is 0 Å². The number of nitrogens with zero attached hydrogens (tertiary/aromatic N) is 4. The second kappa shape index (κ2) is 10.0. The predicted octanol–water partition coefficient (Wildman–Crippen LogP) is -1.73. The van der Waals surface area contributed by atoms with Gasteiger partial charge in [0.2, 0.25) is 0 Å². The molecule has 0 N–H and O–H groups in total. The van der Waals surface area contributed by atoms with Crippen LogP contribution in [0.15, 0.2) is 34.6 Å². The van der Waals surface area contributed by atoms with Crippen LogP contribution in [0.4, 0.5) is 0 Å². The van der Waals surface area contributed by atoms with Crippen molar-refractivity contribution >= 4 is 11.4 Å². The Kier molecular flexibility index (Phi) is 9.64. The summed E-state index contributed by atoms with van der Waals surface area (Å²) >= 11 is 0. The molecule has 23 heavy (non-hydrogen) atoms. The lowest BCUT2D eigenvalue weighted by atomic mass is 10.1. The third-order valence-corrected chi connectivity index (χ3v) is 2.90. The minimum Gasteiger partial charge on any atom is -1.00 e. The molecule has 0 aromatic rings. The molecule has 1 rings (SSSR count). The van der Waals surface area contributed by atoms with E-state index in [0.717, 1.165) is 33.5 Å². The Morgan fingerprint density at radius 1 is 0.696 bits per heavy atom. The van der Waals surface area contributed by atoms with Crippen molar-refractivity contribution < 1.29 is 42.6 Å². The molecule has 0 amide bonds. The number of halogens is 1. The van der Waals surface area contributed by atoms with Crippen molar-refractivity contribution in [3.05, 3.63) is 24.3 Å². The van der Waals surface area contributed by atoms with Crippen molar-refractivity contribution in [2.75, 3.05) is 68.6 Å². The Hall–Kier alpha value is -0.930. The van der Waals surface area contributed by atoms with Crippen LogP contribution >= 0.6 is 0 Å². The molecule has 0 unspecified atom stereocenters. The zero-order chi connectivity index (χ0) is 16.6. The summed E-state index contributed by atoms with van der Waals surface area (Å²) in [7, 11) is 12.7. The van der Waals surface area contributed by atoms with E-state index in [2.05, 4.69) is 52.6 Å². The van der Waals surface area contributed by atoms with Crippen LogP contribution in [-0.4, -0.2) is 89.0 Å². The number of allylic oxidation sites excluding steroid dienone is 4. The van der Waals surface area contributed by atoms with Crippen LogP contribution in [0.25, 0.3) is 0 Å². The Labute approximate surface area is 157 Å². The van der Waals surface area contributed by atoms with Gasteiger partial charge in [-0.3, -0.25) is 0 Å². The Morgan fingerprint density at radius 2 is 1.00 bits per heavy atom. The lowest BCUT2D eigenvalue weighted by Gasteiger charge is -2.22. The maximum absolute atomic E-state index is 5.32. The fourth-order valence-electron chi connectivity index (χ4n) is 1.44. The van der Waals surface area contributed by atoms with E-state index in [0.29, 0.717) is 13.2 Å². The van der Waals surface area contributed by atoms with Crippen LogP contribution in [-0.2, 0) is 9.68 Å². The number of hydrogen-bond donors (Lipinski definition) is 0. The molecule has 0 aromatic carbocycles. The molecule has 0 bridgehead atoms. The third-order valence-electron chi connectivity index (χ3n) is 2.90. The Bertz CT molecular complexity index is 411. The van der Waals surface area contributed by atoms with Crippen molar-refractivity contribution in [1.29, 1.82) is 0 Å². The molecule has 0 spiro atoms. The molecule has 0 atom stereocenters. The summed E-state index contributed by atoms with van der Waals surface area (Å²) in [6.45, 7) is 3.03. The summed E-state index contributed by atoms with van der Waals surface area (Å²) in [5, 5.41) is 8.17. The zero-order valence-corrected chi connectivity index (χ0v) is 17.3. The first-order valence-corrected chi connectivity index (χ1v) is 7.53. The highest BCUT2D eigenvalue weighted by molar-refractivity contribution is 6.18. The molecule has 0 fully saturated rings. The number of oxime groups is 2. The SMILES string of the molecule is C[N+](C)(C)CCON=C1C=CC(=NOCC[N+](C)(C)C)C=C1.[I-]. The van der Waals surface area contributed by atoms with Crippen LogP contribution in [0.2, 0.25) is 0 Å². The van der Waals surface area contributed by atoms with Gasteiger partial charge in [-0.2, -0.15) is 0 Å². The van der Waals surface area contributed by atoms with Gasteiger partial charge in [0.1, 0.15) is 24.5 Å². The van der Waals surface area contributed by atoms with Crippen LogP contribution in [0, 0.1) is 0 Å². The van der Waals surface area contributed by atoms with Gasteiger partial charge < -0.3 is 42.6 Å². The van der Waals surface area contributed by atoms with Crippen molar-refractivity contribution in [3.63, 3.8) is 0 Å². The van der Waals surface area contributed by atoms with Crippen molar-refractivity contribution in [3.8, 4) is 0 Å². The summed E-state index contributed by atoms with van der Waals surface area (Å²) in [4.78, 5) is 10.6. The van der Waals surface area contributed by atoms with Gasteiger partial charge in [0.05, 0.1) is 42.3 Å². The van der Waals surface area contributed by atoms with E-state index < -0.39 is 0 Å². The van der Waals surface area contributed by atoms with Crippen molar-refractivity contribution in [1.82, 2.24) is 0 Å². The summed E-state index contributed by atoms with van der Waals surface area (Å²) in [5.74, 6) is 0. The highest BCUT2D eigenvalue weighted by atomic mass is 127. The largest absolute Gasteiger partial charge is 1.00 e. The van der Waals surface area contributed by atoms with Crippen LogP contribution in [0.3, 0.4) is 0 Å². The van der Waals surface area contributed by atoms with E-state index in [1.54, 1.807) is 0 Å². The van der Waals surface area contributed by atoms with E-state index in [1.165, 1.54) is 0 Å². The molecule has 0 aromatic heterocycles. The molecule has 7 heteroatoms. The van der Waals surface area contributed by atoms with Crippen LogP contribution in [0.1, 0.15) is 0 Å². The van der Waals surface area contributed by atoms with Crippen molar-refractivity contribution in [2.24, 2.45) is 10.3 Å². The quantitative estimate of drug-likeness (QED) is 0.149. The van der Waals surface area contributed by atoms with Crippen LogP contribution in [0.5, 0.6) is 0 Å². The molecule has 1 aliphatic carbocycles. The number of rotatable bonds is 8. The topological polar surface area (TPSA) is 43.2 Å². The number of likely N-dealkylation sites (N-methyl/N-ethyl adjacent to an activating group) is 2. The first kappa shape index (κ1) is 22.1. The average molecular weight is 437 g/mol. The van der Waals surface area contributed by atoms with Gasteiger partial charge in [-0.1, -0.05) is 10.3 Å². The predicted molar refractivity (Wildman–Crippen MR) is 90.9 cm³/mol. The third kappa shape index (κ3) is 12.2. The van der Waals surface area contributed by atoms with Crippen LogP contribution < -0.4 is 24.0 Å². The van der Waals surface area contributed by atoms with Gasteiger partial charge in [0, 0.05) is 0 Å². The molecule has 6 nitrogen and oxygen atoms in total. The second-order valence-electron chi connectivity index (χ2n) is 7.39. The second-order valence-corrected chi connectivity index (χ2v) is 7.39. The molecular formula is C16H30IN4O2+. The smallest absolute Gasteiger partial charge is 0.165 e. The average Bonchev–Trinajstić information content (AvgIpc) is 2.39. The Balaban J connectivity index is 0.00000484. The van der Waals surface area contributed by atoms with Gasteiger partial charge in [0.15, 0.2) is 13.2 Å². The lowest BCUT2D eigenvalue weighted by Crippen LogP contribution is -3.00. The first-order chi connectivity index (χ1) is 10.2. The summed E-state index contributed by atoms with van der Waals surface area (Å²) in [6.07, 6.45) is 7.48. The molecule has 0 aliphatic heterocycles. The van der Waals surface area contributed by atoms with Gasteiger partial charge in [-0.25, -0.2) is 0 Å². The summed E-state index contributed by atoms with van der Waals surface area (Å²) in [5.41, 5.74) is 1.57. The summed E-state index contributed by atoms with van der Waals surface area (Å²) in [6, 6.07) is 0. The van der Waals surface area contributed by atoms with Crippen molar-refractivity contribution in [2.45, 2.75) is 0 Å². The fraction of sp³-hybridized carbons (Fsp3) is 0.625. The minimum absolute atomic E-state index is 0. The lowest BCUT2D eigenvalue weighted by molar-refractivity contribution is -0.870. The standard InChI is InChI=1S/C16H30N4O2.HI/c1-19(2,3)11-13-21-17-15-7-9-16(10-8-15)18-22-14-12-20(4,5)6;/h7-10H,11-14H2,1-6H3;1H/q+2;/p-1. The Morgan fingerprint density at radius 3 is 1.26 bits per heavy atom. The minimum atomic E-state index is 0. The molecular weight excluding hydrogens is 407 g/mol. The molecule has 0 radical (unpaired) electrons. The van der Waals surface area contributed by atoms with Gasteiger partial charge >= 0.3 is 0 Å². The maximum Gasteiger partial charge on any atom is 0.165 e. The highest BCUT2D eigenvalue weighted by Gasteiger charge is 2.07. The molecule has 1 aliphatic rings. The highest BCUT2D eigenvalue weighted by Crippen LogP contribution is 2.00. The van der Waals surface area contributed by atoms with E-state index >= 15 is 0 Å². The molecule has 0 saturated heterocycles. The zero-order valence-electron chi connectivity index (χ0n) is 15.1. The molecule has 0 saturated carbocycles. The van der Waals surface area contributed by atoms with E-state index in [9.17, 15) is 0 Å². The van der Waals surface area contributed by atoms with E-state index in [-0.39, 0.29) is 24.0 Å². The monoisotopic (exact) mass is 437 g/mol. The fourth-order valence-corrected chi connectivity index (χ4v) is 1.44. The van der Waals surface area contributed by atoms with E-state index in [1.807, 2.05) is 24.3 Å². The van der Waals surface area contributed by atoms with Gasteiger partial charge in [0.25, 0.3) is 0 Å². The van der Waals surface area contributed by atoms with Gasteiger partial charge in [-0.05, 0) is 24.3 Å². The number of quaternary nitrogens is 2. The number of hydrogen-bond acceptors (Lipinski definition) is 4. The summed E-state index contributed by atoms with van der Waals surface area (Å²) < 4.78 is 1.72. The maximum atomic E-state index is 5.32. The normalized spacial score (nSPS) is 14.3. The molecule has 132 valence electrons. The molecule has 0 heterocycles. The van der Waals surface area contributed by atoms with E-state index in [4.69, 9.17) is 9.68 Å².